The summed E-state index contributed by atoms with van der Waals surface area (Å²) < 4.78 is 15.8. The lowest BCUT2D eigenvalue weighted by Crippen LogP contribution is -2.41. The molecule has 1 aromatic carbocycles. The van der Waals surface area contributed by atoms with E-state index in [0.717, 1.165) is 0 Å². The molecule has 0 bridgehead atoms. The van der Waals surface area contributed by atoms with Crippen molar-refractivity contribution in [2.45, 2.75) is 38.8 Å². The van der Waals surface area contributed by atoms with Crippen LogP contribution in [0.5, 0.6) is 11.5 Å². The van der Waals surface area contributed by atoms with E-state index in [-0.39, 0.29) is 18.7 Å². The highest BCUT2D eigenvalue weighted by Crippen LogP contribution is 2.33. The molecular weight excluding hydrogens is 312 g/mol. The number of hydrogen-bond donors (Lipinski definition) is 1. The van der Waals surface area contributed by atoms with E-state index in [1.54, 1.807) is 23.1 Å². The Morgan fingerprint density at radius 2 is 2.00 bits per heavy atom. The van der Waals surface area contributed by atoms with Crippen LogP contribution in [0.15, 0.2) is 18.2 Å². The highest BCUT2D eigenvalue weighted by atomic mass is 16.7. The number of nitrogens with one attached hydrogen (secondary N) is 1. The summed E-state index contributed by atoms with van der Waals surface area (Å²) in [6, 6.07) is 5.06. The standard InChI is InChI=1S/C17H22N2O5/c1-17(2,3)24-16(21)18-12-6-7-19(9-12)15(20)11-4-5-13-14(8-11)23-10-22-13/h4-5,8,12H,6-7,9-10H2,1-3H3,(H,18,21). The molecule has 3 rings (SSSR count). The van der Waals surface area contributed by atoms with Crippen molar-refractivity contribution in [3.63, 3.8) is 0 Å². The van der Waals surface area contributed by atoms with Gasteiger partial charge in [-0.2, -0.15) is 0 Å². The van der Waals surface area contributed by atoms with Gasteiger partial charge in [-0.1, -0.05) is 0 Å². The number of benzene rings is 1. The summed E-state index contributed by atoms with van der Waals surface area (Å²) in [7, 11) is 0. The fraction of sp³-hybridized carbons (Fsp3) is 0.529. The van der Waals surface area contributed by atoms with Gasteiger partial charge in [0, 0.05) is 18.7 Å². The number of fused-ring (bicyclic) bond motifs is 1. The quantitative estimate of drug-likeness (QED) is 0.897. The van der Waals surface area contributed by atoms with Crippen molar-refractivity contribution >= 4 is 12.0 Å². The molecule has 1 fully saturated rings. The van der Waals surface area contributed by atoms with Crippen LogP contribution in [0.4, 0.5) is 4.79 Å². The third kappa shape index (κ3) is 3.72. The van der Waals surface area contributed by atoms with Gasteiger partial charge in [-0.15, -0.1) is 0 Å². The normalized spacial score (nSPS) is 19.3. The Bertz CT molecular complexity index is 653. The minimum Gasteiger partial charge on any atom is -0.454 e. The lowest BCUT2D eigenvalue weighted by atomic mass is 10.2. The number of carbonyl (C=O) groups is 2. The van der Waals surface area contributed by atoms with Crippen molar-refractivity contribution in [3.8, 4) is 11.5 Å². The number of rotatable bonds is 2. The molecule has 1 N–H and O–H groups in total. The molecule has 1 aromatic rings. The summed E-state index contributed by atoms with van der Waals surface area (Å²) in [5.41, 5.74) is 0.0159. The predicted octanol–water partition coefficient (Wildman–Crippen LogP) is 2.15. The van der Waals surface area contributed by atoms with Crippen LogP contribution in [0.25, 0.3) is 0 Å². The fourth-order valence-corrected chi connectivity index (χ4v) is 2.75. The SMILES string of the molecule is CC(C)(C)OC(=O)NC1CCN(C(=O)c2ccc3c(c2)OCO3)C1. The summed E-state index contributed by atoms with van der Waals surface area (Å²) in [6.07, 6.45) is 0.250. The van der Waals surface area contributed by atoms with Crippen LogP contribution < -0.4 is 14.8 Å². The molecular formula is C17H22N2O5. The lowest BCUT2D eigenvalue weighted by molar-refractivity contribution is 0.0502. The first-order valence-electron chi connectivity index (χ1n) is 8.00. The molecule has 0 saturated carbocycles. The van der Waals surface area contributed by atoms with E-state index in [9.17, 15) is 9.59 Å². The zero-order chi connectivity index (χ0) is 17.3. The monoisotopic (exact) mass is 334 g/mol. The number of alkyl carbamates (subject to hydrolysis) is 1. The molecule has 2 aliphatic rings. The summed E-state index contributed by atoms with van der Waals surface area (Å²) in [4.78, 5) is 26.1. The largest absolute Gasteiger partial charge is 0.454 e. The van der Waals surface area contributed by atoms with Crippen LogP contribution in [0.3, 0.4) is 0 Å². The van der Waals surface area contributed by atoms with E-state index in [4.69, 9.17) is 14.2 Å². The Balaban J connectivity index is 1.57. The summed E-state index contributed by atoms with van der Waals surface area (Å²) in [5, 5.41) is 2.81. The number of ether oxygens (including phenoxy) is 3. The zero-order valence-electron chi connectivity index (χ0n) is 14.1. The van der Waals surface area contributed by atoms with Gasteiger partial charge >= 0.3 is 6.09 Å². The maximum absolute atomic E-state index is 12.6. The Morgan fingerprint density at radius 1 is 1.25 bits per heavy atom. The van der Waals surface area contributed by atoms with Crippen molar-refractivity contribution in [2.75, 3.05) is 19.9 Å². The summed E-state index contributed by atoms with van der Waals surface area (Å²) in [6.45, 7) is 6.68. The van der Waals surface area contributed by atoms with Gasteiger partial charge in [-0.25, -0.2) is 4.79 Å². The molecule has 1 atom stereocenters. The maximum atomic E-state index is 12.6. The molecule has 2 heterocycles. The summed E-state index contributed by atoms with van der Waals surface area (Å²) >= 11 is 0. The molecule has 1 saturated heterocycles. The highest BCUT2D eigenvalue weighted by molar-refractivity contribution is 5.95. The molecule has 1 unspecified atom stereocenters. The highest BCUT2D eigenvalue weighted by Gasteiger charge is 2.30. The van der Waals surface area contributed by atoms with Crippen LogP contribution in [0, 0.1) is 0 Å². The minimum absolute atomic E-state index is 0.0817. The van der Waals surface area contributed by atoms with E-state index >= 15 is 0 Å². The second kappa shape index (κ2) is 6.22. The fourth-order valence-electron chi connectivity index (χ4n) is 2.75. The second-order valence-corrected chi connectivity index (χ2v) is 6.95. The average molecular weight is 334 g/mol. The minimum atomic E-state index is -0.537. The number of nitrogens with zero attached hydrogens (tertiary/aromatic N) is 1. The third-order valence-electron chi connectivity index (χ3n) is 3.82. The molecule has 0 radical (unpaired) electrons. The first-order valence-corrected chi connectivity index (χ1v) is 8.00. The Hall–Kier alpha value is -2.44. The van der Waals surface area contributed by atoms with E-state index in [1.165, 1.54) is 0 Å². The van der Waals surface area contributed by atoms with Crippen molar-refractivity contribution < 1.29 is 23.8 Å². The Kier molecular flexibility index (Phi) is 4.26. The van der Waals surface area contributed by atoms with Gasteiger partial charge in [-0.05, 0) is 45.4 Å². The smallest absolute Gasteiger partial charge is 0.407 e. The van der Waals surface area contributed by atoms with Crippen molar-refractivity contribution in [1.82, 2.24) is 10.2 Å². The van der Waals surface area contributed by atoms with Crippen LogP contribution in [-0.4, -0.2) is 48.4 Å². The predicted molar refractivity (Wildman–Crippen MR) is 86.2 cm³/mol. The molecule has 2 amide bonds. The van der Waals surface area contributed by atoms with Gasteiger partial charge in [-0.3, -0.25) is 4.79 Å². The Labute approximate surface area is 140 Å². The number of hydrogen-bond acceptors (Lipinski definition) is 5. The van der Waals surface area contributed by atoms with E-state index < -0.39 is 11.7 Å². The number of carbonyl (C=O) groups excluding carboxylic acids is 2. The van der Waals surface area contributed by atoms with Crippen LogP contribution in [0.2, 0.25) is 0 Å². The average Bonchev–Trinajstić information content (AvgIpc) is 3.12. The summed E-state index contributed by atoms with van der Waals surface area (Å²) in [5.74, 6) is 1.16. The topological polar surface area (TPSA) is 77.1 Å². The maximum Gasteiger partial charge on any atom is 0.407 e. The van der Waals surface area contributed by atoms with Crippen LogP contribution in [0.1, 0.15) is 37.6 Å². The van der Waals surface area contributed by atoms with Crippen LogP contribution >= 0.6 is 0 Å². The number of likely N-dealkylation sites (tertiary alicyclic amines) is 1. The number of amides is 2. The van der Waals surface area contributed by atoms with Gasteiger partial charge in [0.1, 0.15) is 5.60 Å². The van der Waals surface area contributed by atoms with Gasteiger partial charge in [0.2, 0.25) is 6.79 Å². The lowest BCUT2D eigenvalue weighted by Gasteiger charge is -2.22. The molecule has 24 heavy (non-hydrogen) atoms. The molecule has 7 nitrogen and oxygen atoms in total. The van der Waals surface area contributed by atoms with Gasteiger partial charge in [0.25, 0.3) is 5.91 Å². The zero-order valence-corrected chi connectivity index (χ0v) is 14.1. The van der Waals surface area contributed by atoms with Gasteiger partial charge < -0.3 is 24.4 Å². The molecule has 130 valence electrons. The second-order valence-electron chi connectivity index (χ2n) is 6.95. The third-order valence-corrected chi connectivity index (χ3v) is 3.82. The van der Waals surface area contributed by atoms with E-state index in [2.05, 4.69) is 5.32 Å². The molecule has 0 spiro atoms. The van der Waals surface area contributed by atoms with Crippen molar-refractivity contribution in [3.05, 3.63) is 23.8 Å². The van der Waals surface area contributed by atoms with Gasteiger partial charge in [0.15, 0.2) is 11.5 Å². The van der Waals surface area contributed by atoms with Gasteiger partial charge in [0.05, 0.1) is 6.04 Å². The molecule has 0 aromatic heterocycles. The van der Waals surface area contributed by atoms with E-state index in [1.807, 2.05) is 20.8 Å². The first-order chi connectivity index (χ1) is 11.3. The molecule has 7 heteroatoms. The Morgan fingerprint density at radius 3 is 2.75 bits per heavy atom. The van der Waals surface area contributed by atoms with Crippen molar-refractivity contribution in [1.29, 1.82) is 0 Å². The van der Waals surface area contributed by atoms with E-state index in [0.29, 0.717) is 36.6 Å². The van der Waals surface area contributed by atoms with Crippen LogP contribution in [-0.2, 0) is 4.74 Å². The molecule has 2 aliphatic heterocycles. The first kappa shape index (κ1) is 16.4. The molecule has 0 aliphatic carbocycles. The van der Waals surface area contributed by atoms with Crippen molar-refractivity contribution in [2.24, 2.45) is 0 Å².